The van der Waals surface area contributed by atoms with Crippen molar-refractivity contribution in [3.63, 3.8) is 0 Å². The fraction of sp³-hybridized carbons (Fsp3) is 0.483. The van der Waals surface area contributed by atoms with E-state index in [9.17, 15) is 4.79 Å². The summed E-state index contributed by atoms with van der Waals surface area (Å²) in [6, 6.07) is 17.8. The molecule has 0 N–H and O–H groups in total. The van der Waals surface area contributed by atoms with Gasteiger partial charge in [0.2, 0.25) is 5.78 Å². The van der Waals surface area contributed by atoms with E-state index in [2.05, 4.69) is 66.3 Å². The molecule has 4 rings (SSSR count). The second-order valence-corrected chi connectivity index (χ2v) is 9.87. The molecule has 0 aliphatic carbocycles. The lowest BCUT2D eigenvalue weighted by Crippen LogP contribution is -2.54. The van der Waals surface area contributed by atoms with Crippen molar-refractivity contribution in [1.29, 1.82) is 0 Å². The molecule has 0 spiro atoms. The van der Waals surface area contributed by atoms with E-state index >= 15 is 0 Å². The number of pyridine rings is 1. The molecule has 1 aliphatic rings. The second-order valence-electron chi connectivity index (χ2n) is 9.87. The Labute approximate surface area is 199 Å². The molecule has 1 saturated heterocycles. The van der Waals surface area contributed by atoms with E-state index in [0.717, 1.165) is 74.1 Å². The average molecular weight is 446 g/mol. The number of aryl methyl sites for hydroxylation is 2. The molecular formula is C29H39N3O. The number of unbranched alkanes of at least 4 members (excludes halogenated alkanes) is 1. The Morgan fingerprint density at radius 1 is 0.970 bits per heavy atom. The van der Waals surface area contributed by atoms with E-state index in [1.165, 1.54) is 5.56 Å². The highest BCUT2D eigenvalue weighted by atomic mass is 16.1. The zero-order valence-corrected chi connectivity index (χ0v) is 20.8. The monoisotopic (exact) mass is 445 g/mol. The number of piperazine rings is 1. The summed E-state index contributed by atoms with van der Waals surface area (Å²) in [6.07, 6.45) is 7.38. The van der Waals surface area contributed by atoms with Gasteiger partial charge in [-0.1, -0.05) is 43.7 Å². The lowest BCUT2D eigenvalue weighted by atomic mass is 10.00. The van der Waals surface area contributed by atoms with Gasteiger partial charge in [-0.2, -0.15) is 0 Å². The maximum absolute atomic E-state index is 13.5. The Morgan fingerprint density at radius 3 is 2.39 bits per heavy atom. The molecule has 2 unspecified atom stereocenters. The highest BCUT2D eigenvalue weighted by Gasteiger charge is 2.25. The standard InChI is InChI=1S/C29H39N3O/c1-5-6-11-26-19-27-12-7-8-18-32(27)28(26)29(33)25-15-13-24(14-16-25)10-9-17-31-20-22(2)30(4)23(3)21-31/h7-8,12-16,18-19,22-23H,5-6,9-11,17,20-21H2,1-4H3. The summed E-state index contributed by atoms with van der Waals surface area (Å²) < 4.78 is 2.05. The van der Waals surface area contributed by atoms with Gasteiger partial charge in [0.1, 0.15) is 0 Å². The van der Waals surface area contributed by atoms with Crippen LogP contribution >= 0.6 is 0 Å². The number of likely N-dealkylation sites (N-methyl/N-ethyl adjacent to an activating group) is 1. The van der Waals surface area contributed by atoms with Crippen LogP contribution in [0.3, 0.4) is 0 Å². The summed E-state index contributed by atoms with van der Waals surface area (Å²) in [5, 5.41) is 0. The number of aromatic nitrogens is 1. The molecule has 2 atom stereocenters. The number of carbonyl (C=O) groups is 1. The highest BCUT2D eigenvalue weighted by Crippen LogP contribution is 2.23. The van der Waals surface area contributed by atoms with Gasteiger partial charge in [0.15, 0.2) is 0 Å². The number of fused-ring (bicyclic) bond motifs is 1. The molecule has 0 bridgehead atoms. The van der Waals surface area contributed by atoms with Crippen molar-refractivity contribution in [1.82, 2.24) is 14.2 Å². The predicted molar refractivity (Wildman–Crippen MR) is 137 cm³/mol. The van der Waals surface area contributed by atoms with Crippen LogP contribution in [0.4, 0.5) is 0 Å². The van der Waals surface area contributed by atoms with E-state index in [1.54, 1.807) is 0 Å². The lowest BCUT2D eigenvalue weighted by Gasteiger charge is -2.42. The van der Waals surface area contributed by atoms with Crippen molar-refractivity contribution in [2.24, 2.45) is 0 Å². The zero-order valence-electron chi connectivity index (χ0n) is 20.8. The Bertz CT molecular complexity index is 1060. The van der Waals surface area contributed by atoms with Crippen LogP contribution < -0.4 is 0 Å². The van der Waals surface area contributed by atoms with Crippen molar-refractivity contribution >= 4 is 11.3 Å². The van der Waals surface area contributed by atoms with Crippen molar-refractivity contribution < 1.29 is 4.79 Å². The van der Waals surface area contributed by atoms with Gasteiger partial charge in [-0.05, 0) is 82.4 Å². The lowest BCUT2D eigenvalue weighted by molar-refractivity contribution is 0.0595. The van der Waals surface area contributed by atoms with Crippen molar-refractivity contribution in [2.75, 3.05) is 26.7 Å². The Hall–Kier alpha value is -2.43. The largest absolute Gasteiger partial charge is 0.313 e. The molecule has 33 heavy (non-hydrogen) atoms. The third kappa shape index (κ3) is 5.39. The second kappa shape index (κ2) is 10.7. The Balaban J connectivity index is 1.41. The van der Waals surface area contributed by atoms with Crippen molar-refractivity contribution in [2.45, 2.75) is 65.0 Å². The molecule has 0 saturated carbocycles. The van der Waals surface area contributed by atoms with Gasteiger partial charge in [-0.25, -0.2) is 0 Å². The van der Waals surface area contributed by atoms with Crippen LogP contribution in [0.25, 0.3) is 5.52 Å². The summed E-state index contributed by atoms with van der Waals surface area (Å²) in [5.41, 5.74) is 5.17. The summed E-state index contributed by atoms with van der Waals surface area (Å²) in [5.74, 6) is 0.124. The minimum absolute atomic E-state index is 0.124. The molecule has 3 heterocycles. The normalized spacial score (nSPS) is 19.9. The molecule has 4 nitrogen and oxygen atoms in total. The van der Waals surface area contributed by atoms with Crippen LogP contribution in [-0.4, -0.2) is 58.7 Å². The summed E-state index contributed by atoms with van der Waals surface area (Å²) >= 11 is 0. The fourth-order valence-electron chi connectivity index (χ4n) is 5.15. The quantitative estimate of drug-likeness (QED) is 0.409. The SMILES string of the molecule is CCCCc1cc2ccccn2c1C(=O)c1ccc(CCCN2CC(C)N(C)C(C)C2)cc1. The van der Waals surface area contributed by atoms with Gasteiger partial charge in [-0.3, -0.25) is 9.69 Å². The van der Waals surface area contributed by atoms with Crippen LogP contribution in [0.1, 0.15) is 67.2 Å². The number of carbonyl (C=O) groups excluding carboxylic acids is 1. The van der Waals surface area contributed by atoms with Crippen LogP contribution in [0, 0.1) is 0 Å². The molecule has 4 heteroatoms. The maximum atomic E-state index is 13.5. The van der Waals surface area contributed by atoms with Gasteiger partial charge in [0, 0.05) is 42.5 Å². The van der Waals surface area contributed by atoms with Gasteiger partial charge < -0.3 is 9.30 Å². The number of rotatable bonds is 9. The number of hydrogen-bond acceptors (Lipinski definition) is 3. The van der Waals surface area contributed by atoms with Crippen LogP contribution in [0.5, 0.6) is 0 Å². The maximum Gasteiger partial charge on any atom is 0.210 e. The van der Waals surface area contributed by atoms with E-state index in [0.29, 0.717) is 12.1 Å². The smallest absolute Gasteiger partial charge is 0.210 e. The van der Waals surface area contributed by atoms with Gasteiger partial charge in [0.05, 0.1) is 5.69 Å². The molecular weight excluding hydrogens is 406 g/mol. The van der Waals surface area contributed by atoms with Crippen LogP contribution in [0.2, 0.25) is 0 Å². The highest BCUT2D eigenvalue weighted by molar-refractivity contribution is 6.09. The number of hydrogen-bond donors (Lipinski definition) is 0. The van der Waals surface area contributed by atoms with E-state index in [1.807, 2.05) is 30.5 Å². The molecule has 176 valence electrons. The number of nitrogens with zero attached hydrogens (tertiary/aromatic N) is 3. The van der Waals surface area contributed by atoms with Crippen LogP contribution in [0.15, 0.2) is 54.7 Å². The van der Waals surface area contributed by atoms with E-state index < -0.39 is 0 Å². The van der Waals surface area contributed by atoms with Crippen molar-refractivity contribution in [3.8, 4) is 0 Å². The molecule has 1 fully saturated rings. The van der Waals surface area contributed by atoms with Gasteiger partial charge >= 0.3 is 0 Å². The minimum atomic E-state index is 0.124. The molecule has 1 aliphatic heterocycles. The van der Waals surface area contributed by atoms with E-state index in [4.69, 9.17) is 0 Å². The first-order valence-corrected chi connectivity index (χ1v) is 12.6. The summed E-state index contributed by atoms with van der Waals surface area (Å²) in [4.78, 5) is 18.6. The van der Waals surface area contributed by atoms with E-state index in [-0.39, 0.29) is 5.78 Å². The summed E-state index contributed by atoms with van der Waals surface area (Å²) in [6.45, 7) is 10.3. The zero-order chi connectivity index (χ0) is 23.4. The first-order valence-electron chi connectivity index (χ1n) is 12.6. The minimum Gasteiger partial charge on any atom is -0.313 e. The first kappa shape index (κ1) is 23.7. The first-order chi connectivity index (χ1) is 16.0. The third-order valence-corrected chi connectivity index (χ3v) is 7.36. The molecule has 2 aromatic heterocycles. The topological polar surface area (TPSA) is 28.0 Å². The Kier molecular flexibility index (Phi) is 7.67. The third-order valence-electron chi connectivity index (χ3n) is 7.36. The molecule has 3 aromatic rings. The summed E-state index contributed by atoms with van der Waals surface area (Å²) in [7, 11) is 2.24. The fourth-order valence-corrected chi connectivity index (χ4v) is 5.15. The molecule has 1 aromatic carbocycles. The number of benzene rings is 1. The van der Waals surface area contributed by atoms with Crippen molar-refractivity contribution in [3.05, 3.63) is 77.1 Å². The Morgan fingerprint density at radius 2 is 1.70 bits per heavy atom. The van der Waals surface area contributed by atoms with Crippen LogP contribution in [-0.2, 0) is 12.8 Å². The number of ketones is 1. The molecule has 0 radical (unpaired) electrons. The molecule has 0 amide bonds. The van der Waals surface area contributed by atoms with Gasteiger partial charge in [0.25, 0.3) is 0 Å². The van der Waals surface area contributed by atoms with Gasteiger partial charge in [-0.15, -0.1) is 0 Å². The average Bonchev–Trinajstić information content (AvgIpc) is 3.19. The predicted octanol–water partition coefficient (Wildman–Crippen LogP) is 5.47.